The van der Waals surface area contributed by atoms with Crippen LogP contribution in [0.1, 0.15) is 17.4 Å². The van der Waals surface area contributed by atoms with Gasteiger partial charge in [0, 0.05) is 17.1 Å². The molecule has 4 nitrogen and oxygen atoms in total. The molecule has 90 valence electrons. The number of rotatable bonds is 2. The van der Waals surface area contributed by atoms with Crippen molar-refractivity contribution in [3.05, 3.63) is 43.6 Å². The normalized spacial score (nSPS) is 12.8. The van der Waals surface area contributed by atoms with Gasteiger partial charge >= 0.3 is 0 Å². The molecule has 1 aromatic carbocycles. The maximum absolute atomic E-state index is 10.3. The molecule has 2 rings (SSSR count). The summed E-state index contributed by atoms with van der Waals surface area (Å²) in [5.41, 5.74) is 1.16. The topological polar surface area (TPSA) is 50.9 Å². The number of hydrogen-bond donors (Lipinski definition) is 1. The molecule has 7 heteroatoms. The van der Waals surface area contributed by atoms with E-state index in [1.54, 1.807) is 13.1 Å². The van der Waals surface area contributed by atoms with Gasteiger partial charge in [0.25, 0.3) is 0 Å². The first kappa shape index (κ1) is 13.0. The Morgan fingerprint density at radius 2 is 2.12 bits per heavy atom. The summed E-state index contributed by atoms with van der Waals surface area (Å²) in [6.45, 7) is 0. The van der Waals surface area contributed by atoms with E-state index >= 15 is 0 Å². The Morgan fingerprint density at radius 1 is 1.41 bits per heavy atom. The number of nitrogens with zero attached hydrogens (tertiary/aromatic N) is 3. The first-order valence-corrected chi connectivity index (χ1v) is 6.65. The van der Waals surface area contributed by atoms with Gasteiger partial charge in [-0.1, -0.05) is 28.9 Å². The SMILES string of the molecule is Cn1nnc(Br)c1C(O)c1cccc(Br)c1Cl. The first-order valence-electron chi connectivity index (χ1n) is 4.69. The molecule has 0 aliphatic heterocycles. The van der Waals surface area contributed by atoms with Crippen molar-refractivity contribution in [1.82, 2.24) is 15.0 Å². The van der Waals surface area contributed by atoms with E-state index in [-0.39, 0.29) is 0 Å². The molecule has 0 saturated carbocycles. The summed E-state index contributed by atoms with van der Waals surface area (Å²) in [6.07, 6.45) is -0.880. The van der Waals surface area contributed by atoms with E-state index in [2.05, 4.69) is 42.2 Å². The fourth-order valence-electron chi connectivity index (χ4n) is 1.51. The molecular weight excluding hydrogens is 373 g/mol. The van der Waals surface area contributed by atoms with Crippen LogP contribution in [0.2, 0.25) is 5.02 Å². The highest BCUT2D eigenvalue weighted by Gasteiger charge is 2.22. The highest BCUT2D eigenvalue weighted by Crippen LogP contribution is 2.34. The standard InChI is InChI=1S/C10H8Br2ClN3O/c1-16-8(10(12)14-15-16)9(17)5-3-2-4-6(11)7(5)13/h2-4,9,17H,1H3. The van der Waals surface area contributed by atoms with Gasteiger partial charge in [-0.2, -0.15) is 0 Å². The van der Waals surface area contributed by atoms with E-state index in [1.807, 2.05) is 12.1 Å². The number of aryl methyl sites for hydroxylation is 1. The molecule has 0 aliphatic carbocycles. The van der Waals surface area contributed by atoms with E-state index in [4.69, 9.17) is 11.6 Å². The highest BCUT2D eigenvalue weighted by atomic mass is 79.9. The van der Waals surface area contributed by atoms with Crippen molar-refractivity contribution in [2.24, 2.45) is 7.05 Å². The van der Waals surface area contributed by atoms with Crippen molar-refractivity contribution < 1.29 is 5.11 Å². The predicted octanol–water partition coefficient (Wildman–Crippen LogP) is 3.08. The summed E-state index contributed by atoms with van der Waals surface area (Å²) >= 11 is 12.7. The fourth-order valence-corrected chi connectivity index (χ4v) is 2.66. The molecule has 2 aromatic rings. The summed E-state index contributed by atoms with van der Waals surface area (Å²) < 4.78 is 2.75. The Kier molecular flexibility index (Phi) is 3.87. The summed E-state index contributed by atoms with van der Waals surface area (Å²) in [5.74, 6) is 0. The Morgan fingerprint density at radius 3 is 2.71 bits per heavy atom. The average Bonchev–Trinajstić information content (AvgIpc) is 2.62. The fraction of sp³-hybridized carbons (Fsp3) is 0.200. The number of aliphatic hydroxyl groups excluding tert-OH is 1. The van der Waals surface area contributed by atoms with Gasteiger partial charge in [-0.05, 0) is 37.9 Å². The van der Waals surface area contributed by atoms with Crippen LogP contribution in [-0.2, 0) is 7.05 Å². The second-order valence-corrected chi connectivity index (χ2v) is 5.42. The van der Waals surface area contributed by atoms with Gasteiger partial charge < -0.3 is 5.11 Å². The number of aromatic nitrogens is 3. The molecule has 0 spiro atoms. The van der Waals surface area contributed by atoms with E-state index in [1.165, 1.54) is 4.68 Å². The van der Waals surface area contributed by atoms with Gasteiger partial charge in [-0.25, -0.2) is 4.68 Å². The van der Waals surface area contributed by atoms with Crippen molar-refractivity contribution in [3.8, 4) is 0 Å². The lowest BCUT2D eigenvalue weighted by Gasteiger charge is -2.13. The first-order chi connectivity index (χ1) is 8.02. The van der Waals surface area contributed by atoms with E-state index < -0.39 is 6.10 Å². The lowest BCUT2D eigenvalue weighted by molar-refractivity contribution is 0.209. The van der Waals surface area contributed by atoms with Crippen molar-refractivity contribution in [1.29, 1.82) is 0 Å². The lowest BCUT2D eigenvalue weighted by Crippen LogP contribution is -2.08. The van der Waals surface area contributed by atoms with Crippen molar-refractivity contribution >= 4 is 43.5 Å². The molecule has 1 unspecified atom stereocenters. The van der Waals surface area contributed by atoms with Gasteiger partial charge in [0.1, 0.15) is 11.8 Å². The third kappa shape index (κ3) is 2.40. The smallest absolute Gasteiger partial charge is 0.154 e. The van der Waals surface area contributed by atoms with Crippen LogP contribution >= 0.6 is 43.5 Å². The van der Waals surface area contributed by atoms with Crippen LogP contribution in [-0.4, -0.2) is 20.1 Å². The molecule has 1 N–H and O–H groups in total. The summed E-state index contributed by atoms with van der Waals surface area (Å²) in [6, 6.07) is 5.39. The number of aliphatic hydroxyl groups is 1. The molecule has 1 atom stereocenters. The zero-order valence-electron chi connectivity index (χ0n) is 8.73. The largest absolute Gasteiger partial charge is 0.382 e. The van der Waals surface area contributed by atoms with Gasteiger partial charge in [0.15, 0.2) is 4.60 Å². The van der Waals surface area contributed by atoms with Crippen molar-refractivity contribution in [2.45, 2.75) is 6.10 Å². The maximum atomic E-state index is 10.3. The number of benzene rings is 1. The van der Waals surface area contributed by atoms with Gasteiger partial charge in [0.05, 0.1) is 5.02 Å². The van der Waals surface area contributed by atoms with Crippen LogP contribution < -0.4 is 0 Å². The van der Waals surface area contributed by atoms with Crippen LogP contribution in [0.25, 0.3) is 0 Å². The third-order valence-electron chi connectivity index (χ3n) is 2.36. The average molecular weight is 381 g/mol. The van der Waals surface area contributed by atoms with Gasteiger partial charge in [-0.3, -0.25) is 0 Å². The van der Waals surface area contributed by atoms with Crippen molar-refractivity contribution in [2.75, 3.05) is 0 Å². The molecule has 0 bridgehead atoms. The Balaban J connectivity index is 2.51. The number of hydrogen-bond acceptors (Lipinski definition) is 3. The Labute approximate surface area is 120 Å². The molecule has 17 heavy (non-hydrogen) atoms. The Hall–Kier alpha value is -0.430. The van der Waals surface area contributed by atoms with E-state index in [0.29, 0.717) is 20.9 Å². The van der Waals surface area contributed by atoms with Crippen LogP contribution in [0.5, 0.6) is 0 Å². The van der Waals surface area contributed by atoms with Crippen LogP contribution in [0.4, 0.5) is 0 Å². The summed E-state index contributed by atoms with van der Waals surface area (Å²) in [7, 11) is 1.71. The quantitative estimate of drug-likeness (QED) is 0.870. The zero-order chi connectivity index (χ0) is 12.6. The molecule has 1 heterocycles. The van der Waals surface area contributed by atoms with Crippen LogP contribution in [0.3, 0.4) is 0 Å². The zero-order valence-corrected chi connectivity index (χ0v) is 12.7. The maximum Gasteiger partial charge on any atom is 0.154 e. The lowest BCUT2D eigenvalue weighted by atomic mass is 10.1. The second-order valence-electron chi connectivity index (χ2n) is 3.43. The summed E-state index contributed by atoms with van der Waals surface area (Å²) in [5, 5.41) is 18.4. The summed E-state index contributed by atoms with van der Waals surface area (Å²) in [4.78, 5) is 0. The van der Waals surface area contributed by atoms with Crippen molar-refractivity contribution in [3.63, 3.8) is 0 Å². The minimum Gasteiger partial charge on any atom is -0.382 e. The van der Waals surface area contributed by atoms with Crippen LogP contribution in [0.15, 0.2) is 27.3 Å². The second kappa shape index (κ2) is 5.06. The molecule has 0 amide bonds. The highest BCUT2D eigenvalue weighted by molar-refractivity contribution is 9.10. The molecule has 0 radical (unpaired) electrons. The van der Waals surface area contributed by atoms with E-state index in [9.17, 15) is 5.11 Å². The van der Waals surface area contributed by atoms with Crippen LogP contribution in [0, 0.1) is 0 Å². The Bertz CT molecular complexity index is 539. The number of halogens is 3. The molecular formula is C10H8Br2ClN3O. The van der Waals surface area contributed by atoms with Gasteiger partial charge in [0.2, 0.25) is 0 Å². The van der Waals surface area contributed by atoms with E-state index in [0.717, 1.165) is 4.47 Å². The third-order valence-corrected chi connectivity index (χ3v) is 4.24. The minimum atomic E-state index is -0.880. The molecule has 1 aromatic heterocycles. The minimum absolute atomic E-state index is 0.480. The molecule has 0 saturated heterocycles. The molecule has 0 fully saturated rings. The monoisotopic (exact) mass is 379 g/mol. The molecule has 0 aliphatic rings. The van der Waals surface area contributed by atoms with Gasteiger partial charge in [-0.15, -0.1) is 5.10 Å². The predicted molar refractivity (Wildman–Crippen MR) is 71.9 cm³/mol.